The SMILES string of the molecule is COc1ccc(S(=O)(=O)NC2(CNCC(O)c3cccc(Cl)c3)CCc3ccccc3O2)cc1. The maximum atomic E-state index is 13.2. The molecule has 0 saturated heterocycles. The lowest BCUT2D eigenvalue weighted by molar-refractivity contribution is 0.0318. The number of rotatable bonds is 9. The highest BCUT2D eigenvalue weighted by Crippen LogP contribution is 2.33. The van der Waals surface area contributed by atoms with E-state index in [2.05, 4.69) is 10.0 Å². The molecule has 0 bridgehead atoms. The number of halogens is 1. The predicted molar refractivity (Wildman–Crippen MR) is 131 cm³/mol. The molecule has 1 heterocycles. The number of nitrogens with one attached hydrogen (secondary N) is 2. The lowest BCUT2D eigenvalue weighted by atomic mass is 9.98. The van der Waals surface area contributed by atoms with Gasteiger partial charge < -0.3 is 19.9 Å². The number of aliphatic hydroxyl groups is 1. The number of fused-ring (bicyclic) bond motifs is 1. The van der Waals surface area contributed by atoms with Crippen molar-refractivity contribution < 1.29 is 23.0 Å². The van der Waals surface area contributed by atoms with Crippen LogP contribution in [0.5, 0.6) is 11.5 Å². The molecule has 0 aromatic heterocycles. The number of benzene rings is 3. The zero-order valence-corrected chi connectivity index (χ0v) is 20.3. The molecule has 34 heavy (non-hydrogen) atoms. The molecule has 0 amide bonds. The monoisotopic (exact) mass is 502 g/mol. The molecule has 3 aromatic carbocycles. The van der Waals surface area contributed by atoms with Gasteiger partial charge >= 0.3 is 0 Å². The maximum absolute atomic E-state index is 13.2. The van der Waals surface area contributed by atoms with Gasteiger partial charge in [-0.2, -0.15) is 4.72 Å². The molecule has 4 rings (SSSR count). The molecule has 3 N–H and O–H groups in total. The number of para-hydroxylation sites is 1. The first-order chi connectivity index (χ1) is 16.3. The molecule has 0 radical (unpaired) electrons. The summed E-state index contributed by atoms with van der Waals surface area (Å²) in [5.41, 5.74) is 0.449. The van der Waals surface area contributed by atoms with E-state index in [0.717, 1.165) is 5.56 Å². The molecular formula is C25H27ClN2O5S. The average Bonchev–Trinajstić information content (AvgIpc) is 2.83. The minimum Gasteiger partial charge on any atom is -0.497 e. The van der Waals surface area contributed by atoms with Crippen LogP contribution in [0.4, 0.5) is 0 Å². The van der Waals surface area contributed by atoms with E-state index in [1.165, 1.54) is 19.2 Å². The molecule has 0 spiro atoms. The highest BCUT2D eigenvalue weighted by molar-refractivity contribution is 7.89. The Hall–Kier alpha value is -2.62. The number of hydrogen-bond acceptors (Lipinski definition) is 6. The smallest absolute Gasteiger partial charge is 0.243 e. The van der Waals surface area contributed by atoms with Crippen LogP contribution in [0.3, 0.4) is 0 Å². The van der Waals surface area contributed by atoms with E-state index in [1.54, 1.807) is 36.4 Å². The van der Waals surface area contributed by atoms with Gasteiger partial charge in [0, 0.05) is 18.0 Å². The second-order valence-electron chi connectivity index (χ2n) is 8.19. The molecule has 0 aliphatic carbocycles. The first-order valence-electron chi connectivity index (χ1n) is 10.9. The average molecular weight is 503 g/mol. The van der Waals surface area contributed by atoms with Gasteiger partial charge in [-0.15, -0.1) is 0 Å². The van der Waals surface area contributed by atoms with Crippen LogP contribution in [0.15, 0.2) is 77.7 Å². The first kappa shape index (κ1) is 24.5. The highest BCUT2D eigenvalue weighted by Gasteiger charge is 2.40. The Labute approximate surface area is 204 Å². The fourth-order valence-electron chi connectivity index (χ4n) is 3.94. The van der Waals surface area contributed by atoms with Gasteiger partial charge in [-0.1, -0.05) is 41.9 Å². The molecule has 9 heteroatoms. The summed E-state index contributed by atoms with van der Waals surface area (Å²) in [5.74, 6) is 1.19. The standard InChI is InChI=1S/C25H27ClN2O5S/c1-32-21-9-11-22(12-10-21)34(30,31)28-25(14-13-18-5-2-3-8-24(18)33-25)17-27-16-23(29)19-6-4-7-20(26)15-19/h2-12,15,23,27-29H,13-14,16-17H2,1H3. The number of sulfonamides is 1. The van der Waals surface area contributed by atoms with Crippen LogP contribution in [0.2, 0.25) is 5.02 Å². The largest absolute Gasteiger partial charge is 0.497 e. The molecule has 7 nitrogen and oxygen atoms in total. The van der Waals surface area contributed by atoms with Crippen LogP contribution < -0.4 is 19.5 Å². The first-order valence-corrected chi connectivity index (χ1v) is 12.8. The minimum absolute atomic E-state index is 0.106. The number of aryl methyl sites for hydroxylation is 1. The molecule has 2 unspecified atom stereocenters. The van der Waals surface area contributed by atoms with E-state index >= 15 is 0 Å². The Morgan fingerprint density at radius 3 is 2.62 bits per heavy atom. The molecule has 0 saturated carbocycles. The lowest BCUT2D eigenvalue weighted by Gasteiger charge is -2.39. The van der Waals surface area contributed by atoms with Crippen LogP contribution >= 0.6 is 11.6 Å². The van der Waals surface area contributed by atoms with Crippen LogP contribution in [0, 0.1) is 0 Å². The van der Waals surface area contributed by atoms with Crippen molar-refractivity contribution in [2.75, 3.05) is 20.2 Å². The molecular weight excluding hydrogens is 476 g/mol. The van der Waals surface area contributed by atoms with Crippen molar-refractivity contribution in [2.45, 2.75) is 29.6 Å². The van der Waals surface area contributed by atoms with E-state index in [0.29, 0.717) is 34.9 Å². The second-order valence-corrected chi connectivity index (χ2v) is 10.3. The molecule has 2 atom stereocenters. The predicted octanol–water partition coefficient (Wildman–Crippen LogP) is 3.67. The van der Waals surface area contributed by atoms with E-state index in [4.69, 9.17) is 21.1 Å². The molecule has 3 aromatic rings. The van der Waals surface area contributed by atoms with Crippen molar-refractivity contribution >= 4 is 21.6 Å². The zero-order chi connectivity index (χ0) is 24.2. The van der Waals surface area contributed by atoms with Crippen molar-refractivity contribution in [3.05, 3.63) is 88.9 Å². The second kappa shape index (κ2) is 10.3. The van der Waals surface area contributed by atoms with E-state index in [9.17, 15) is 13.5 Å². The maximum Gasteiger partial charge on any atom is 0.243 e. The third kappa shape index (κ3) is 5.71. The number of ether oxygens (including phenoxy) is 2. The Kier molecular flexibility index (Phi) is 7.45. The minimum atomic E-state index is -3.90. The van der Waals surface area contributed by atoms with E-state index < -0.39 is 21.9 Å². The molecule has 180 valence electrons. The van der Waals surface area contributed by atoms with Gasteiger partial charge in [0.15, 0.2) is 5.72 Å². The quantitative estimate of drug-likeness (QED) is 0.413. The van der Waals surface area contributed by atoms with Crippen LogP contribution in [-0.4, -0.2) is 39.4 Å². The van der Waals surface area contributed by atoms with Crippen molar-refractivity contribution in [2.24, 2.45) is 0 Å². The van der Waals surface area contributed by atoms with Gasteiger partial charge in [0.1, 0.15) is 11.5 Å². The fraction of sp³-hybridized carbons (Fsp3) is 0.280. The van der Waals surface area contributed by atoms with Gasteiger partial charge in [-0.3, -0.25) is 0 Å². The third-order valence-corrected chi connectivity index (χ3v) is 7.52. The summed E-state index contributed by atoms with van der Waals surface area (Å²) in [6, 6.07) is 20.7. The molecule has 1 aliphatic rings. The van der Waals surface area contributed by atoms with E-state index in [-0.39, 0.29) is 18.0 Å². The summed E-state index contributed by atoms with van der Waals surface area (Å²) >= 11 is 6.03. The number of methoxy groups -OCH3 is 1. The van der Waals surface area contributed by atoms with Crippen molar-refractivity contribution in [3.8, 4) is 11.5 Å². The Balaban J connectivity index is 1.54. The Morgan fingerprint density at radius 2 is 1.88 bits per heavy atom. The lowest BCUT2D eigenvalue weighted by Crippen LogP contribution is -2.60. The fourth-order valence-corrected chi connectivity index (χ4v) is 5.46. The van der Waals surface area contributed by atoms with E-state index in [1.807, 2.05) is 24.3 Å². The summed E-state index contributed by atoms with van der Waals surface area (Å²) < 4.78 is 40.6. The summed E-state index contributed by atoms with van der Waals surface area (Å²) in [4.78, 5) is 0.106. The van der Waals surface area contributed by atoms with Crippen molar-refractivity contribution in [1.82, 2.24) is 10.0 Å². The molecule has 1 aliphatic heterocycles. The zero-order valence-electron chi connectivity index (χ0n) is 18.7. The van der Waals surface area contributed by atoms with Gasteiger partial charge in [0.25, 0.3) is 0 Å². The summed E-state index contributed by atoms with van der Waals surface area (Å²) in [7, 11) is -2.38. The van der Waals surface area contributed by atoms with Gasteiger partial charge in [0.05, 0.1) is 24.7 Å². The Bertz CT molecular complexity index is 1240. The summed E-state index contributed by atoms with van der Waals surface area (Å²) in [5, 5.41) is 14.3. The highest BCUT2D eigenvalue weighted by atomic mass is 35.5. The summed E-state index contributed by atoms with van der Waals surface area (Å²) in [6.45, 7) is 0.339. The summed E-state index contributed by atoms with van der Waals surface area (Å²) in [6.07, 6.45) is 0.240. The van der Waals surface area contributed by atoms with Gasteiger partial charge in [-0.25, -0.2) is 8.42 Å². The Morgan fingerprint density at radius 1 is 1.12 bits per heavy atom. The number of aliphatic hydroxyl groups excluding tert-OH is 1. The molecule has 0 fully saturated rings. The van der Waals surface area contributed by atoms with Gasteiger partial charge in [-0.05, 0) is 60.0 Å². The third-order valence-electron chi connectivity index (χ3n) is 5.75. The van der Waals surface area contributed by atoms with Crippen LogP contribution in [-0.2, 0) is 16.4 Å². The van der Waals surface area contributed by atoms with Crippen LogP contribution in [0.25, 0.3) is 0 Å². The van der Waals surface area contributed by atoms with Crippen molar-refractivity contribution in [3.63, 3.8) is 0 Å². The van der Waals surface area contributed by atoms with Gasteiger partial charge in [0.2, 0.25) is 10.0 Å². The van der Waals surface area contributed by atoms with Crippen LogP contribution in [0.1, 0.15) is 23.7 Å². The topological polar surface area (TPSA) is 96.9 Å². The normalized spacial score (nSPS) is 18.6. The number of hydrogen-bond donors (Lipinski definition) is 3. The van der Waals surface area contributed by atoms with Crippen molar-refractivity contribution in [1.29, 1.82) is 0 Å².